The quantitative estimate of drug-likeness (QED) is 0.767. The molecule has 2 atom stereocenters. The van der Waals surface area contributed by atoms with E-state index in [1.165, 1.54) is 0 Å². The molecular weight excluding hydrogens is 276 g/mol. The van der Waals surface area contributed by atoms with Crippen molar-refractivity contribution in [1.82, 2.24) is 0 Å². The van der Waals surface area contributed by atoms with E-state index in [1.54, 1.807) is 24.3 Å². The Morgan fingerprint density at radius 3 is 2.32 bits per heavy atom. The molecule has 2 rings (SSSR count). The topological polar surface area (TPSA) is 75.3 Å². The van der Waals surface area contributed by atoms with Crippen LogP contribution in [0.25, 0.3) is 0 Å². The van der Waals surface area contributed by atoms with Crippen LogP contribution in [0, 0.1) is 0 Å². The van der Waals surface area contributed by atoms with Crippen LogP contribution >= 0.6 is 0 Å². The van der Waals surface area contributed by atoms with Crippen LogP contribution in [0.5, 0.6) is 0 Å². The Morgan fingerprint density at radius 1 is 1.09 bits per heavy atom. The van der Waals surface area contributed by atoms with E-state index in [4.69, 9.17) is 5.73 Å². The molecule has 0 aliphatic carbocycles. The van der Waals surface area contributed by atoms with Crippen molar-refractivity contribution in [2.45, 2.75) is 25.4 Å². The van der Waals surface area contributed by atoms with Crippen LogP contribution in [0.15, 0.2) is 54.6 Å². The minimum absolute atomic E-state index is 0.0246. The van der Waals surface area contributed by atoms with Crippen molar-refractivity contribution in [1.29, 1.82) is 0 Å². The number of hydrogen-bond acceptors (Lipinski definition) is 3. The van der Waals surface area contributed by atoms with E-state index in [0.29, 0.717) is 6.42 Å². The Kier molecular flexibility index (Phi) is 5.69. The van der Waals surface area contributed by atoms with Gasteiger partial charge in [0.15, 0.2) is 0 Å². The fraction of sp³-hybridized carbons (Fsp3) is 0.278. The zero-order valence-electron chi connectivity index (χ0n) is 12.7. The maximum absolute atomic E-state index is 12.1. The SMILES string of the molecule is CC(CC(=O)Nc1ccc(C(O)CN)cc1)c1ccccc1. The van der Waals surface area contributed by atoms with Gasteiger partial charge in [-0.25, -0.2) is 0 Å². The van der Waals surface area contributed by atoms with Gasteiger partial charge in [0.1, 0.15) is 0 Å². The van der Waals surface area contributed by atoms with E-state index in [-0.39, 0.29) is 18.4 Å². The van der Waals surface area contributed by atoms with E-state index < -0.39 is 6.10 Å². The second-order valence-corrected chi connectivity index (χ2v) is 5.44. The molecule has 0 saturated carbocycles. The molecule has 116 valence electrons. The van der Waals surface area contributed by atoms with Crippen molar-refractivity contribution in [2.75, 3.05) is 11.9 Å². The molecule has 1 amide bonds. The lowest BCUT2D eigenvalue weighted by molar-refractivity contribution is -0.116. The molecule has 0 fully saturated rings. The summed E-state index contributed by atoms with van der Waals surface area (Å²) in [5.74, 6) is 0.142. The zero-order valence-corrected chi connectivity index (χ0v) is 12.7. The molecule has 0 saturated heterocycles. The number of aliphatic hydroxyl groups is 1. The molecule has 2 unspecified atom stereocenters. The number of nitrogens with two attached hydrogens (primary N) is 1. The van der Waals surface area contributed by atoms with Crippen molar-refractivity contribution in [3.8, 4) is 0 Å². The average molecular weight is 298 g/mol. The molecule has 0 spiro atoms. The fourth-order valence-electron chi connectivity index (χ4n) is 2.31. The summed E-state index contributed by atoms with van der Waals surface area (Å²) in [6.07, 6.45) is -0.236. The number of carbonyl (C=O) groups is 1. The lowest BCUT2D eigenvalue weighted by atomic mass is 9.97. The van der Waals surface area contributed by atoms with Crippen molar-refractivity contribution in [3.63, 3.8) is 0 Å². The summed E-state index contributed by atoms with van der Waals surface area (Å²) in [5.41, 5.74) is 8.03. The average Bonchev–Trinajstić information content (AvgIpc) is 2.55. The summed E-state index contributed by atoms with van der Waals surface area (Å²) in [6, 6.07) is 17.1. The molecule has 22 heavy (non-hydrogen) atoms. The molecule has 4 nitrogen and oxygen atoms in total. The molecule has 4 N–H and O–H groups in total. The van der Waals surface area contributed by atoms with Gasteiger partial charge in [-0.3, -0.25) is 4.79 Å². The van der Waals surface area contributed by atoms with E-state index >= 15 is 0 Å². The molecule has 2 aromatic rings. The Hall–Kier alpha value is -2.17. The molecule has 0 aliphatic heterocycles. The lowest BCUT2D eigenvalue weighted by Crippen LogP contribution is -2.15. The second-order valence-electron chi connectivity index (χ2n) is 5.44. The van der Waals surface area contributed by atoms with Gasteiger partial charge in [-0.1, -0.05) is 49.4 Å². The number of rotatable bonds is 6. The predicted octanol–water partition coefficient (Wildman–Crippen LogP) is 2.81. The molecule has 0 aliphatic rings. The standard InChI is InChI=1S/C18H22N2O2/c1-13(14-5-3-2-4-6-14)11-18(22)20-16-9-7-15(8-10-16)17(21)12-19/h2-10,13,17,21H,11-12,19H2,1H3,(H,20,22). The van der Waals surface area contributed by atoms with Gasteiger partial charge in [-0.2, -0.15) is 0 Å². The highest BCUT2D eigenvalue weighted by Crippen LogP contribution is 2.20. The van der Waals surface area contributed by atoms with E-state index in [9.17, 15) is 9.90 Å². The maximum atomic E-state index is 12.1. The van der Waals surface area contributed by atoms with E-state index in [1.807, 2.05) is 37.3 Å². The number of anilines is 1. The number of amides is 1. The number of aliphatic hydroxyl groups excluding tert-OH is 1. The Balaban J connectivity index is 1.92. The van der Waals surface area contributed by atoms with Crippen molar-refractivity contribution in [2.24, 2.45) is 5.73 Å². The van der Waals surface area contributed by atoms with Crippen molar-refractivity contribution >= 4 is 11.6 Å². The highest BCUT2D eigenvalue weighted by atomic mass is 16.3. The predicted molar refractivity (Wildman–Crippen MR) is 88.6 cm³/mol. The van der Waals surface area contributed by atoms with E-state index in [0.717, 1.165) is 16.8 Å². The molecule has 0 heterocycles. The molecule has 0 radical (unpaired) electrons. The third-order valence-corrected chi connectivity index (χ3v) is 3.66. The smallest absolute Gasteiger partial charge is 0.224 e. The van der Waals surface area contributed by atoms with Gasteiger partial charge < -0.3 is 16.2 Å². The Morgan fingerprint density at radius 2 is 1.73 bits per heavy atom. The lowest BCUT2D eigenvalue weighted by Gasteiger charge is -2.13. The third-order valence-electron chi connectivity index (χ3n) is 3.66. The first-order chi connectivity index (χ1) is 10.6. The van der Waals surface area contributed by atoms with Crippen LogP contribution in [-0.4, -0.2) is 17.6 Å². The number of hydrogen-bond donors (Lipinski definition) is 3. The van der Waals surface area contributed by atoms with Crippen LogP contribution in [-0.2, 0) is 4.79 Å². The summed E-state index contributed by atoms with van der Waals surface area (Å²) >= 11 is 0. The molecule has 2 aromatic carbocycles. The largest absolute Gasteiger partial charge is 0.387 e. The first-order valence-corrected chi connectivity index (χ1v) is 7.43. The van der Waals surface area contributed by atoms with Crippen molar-refractivity contribution < 1.29 is 9.90 Å². The van der Waals surface area contributed by atoms with Gasteiger partial charge in [0.25, 0.3) is 0 Å². The molecule has 0 aromatic heterocycles. The second kappa shape index (κ2) is 7.73. The van der Waals surface area contributed by atoms with Crippen molar-refractivity contribution in [3.05, 3.63) is 65.7 Å². The summed E-state index contributed by atoms with van der Waals surface area (Å²) in [6.45, 7) is 2.22. The maximum Gasteiger partial charge on any atom is 0.224 e. The number of benzene rings is 2. The monoisotopic (exact) mass is 298 g/mol. The third kappa shape index (κ3) is 4.41. The van der Waals surface area contributed by atoms with Crippen LogP contribution in [0.1, 0.15) is 36.5 Å². The molecule has 4 heteroatoms. The highest BCUT2D eigenvalue weighted by Gasteiger charge is 2.11. The van der Waals surface area contributed by atoms with Gasteiger partial charge in [0.05, 0.1) is 6.10 Å². The van der Waals surface area contributed by atoms with E-state index in [2.05, 4.69) is 5.32 Å². The summed E-state index contributed by atoms with van der Waals surface area (Å²) < 4.78 is 0. The zero-order chi connectivity index (χ0) is 15.9. The summed E-state index contributed by atoms with van der Waals surface area (Å²) in [4.78, 5) is 12.1. The Bertz CT molecular complexity index is 596. The Labute approximate surface area is 131 Å². The van der Waals surface area contributed by atoms with Gasteiger partial charge in [-0.15, -0.1) is 0 Å². The van der Waals surface area contributed by atoms with Crippen LogP contribution < -0.4 is 11.1 Å². The number of nitrogens with one attached hydrogen (secondary N) is 1. The molecule has 0 bridgehead atoms. The fourth-order valence-corrected chi connectivity index (χ4v) is 2.31. The normalized spacial score (nSPS) is 13.4. The number of carbonyl (C=O) groups excluding carboxylic acids is 1. The molecular formula is C18H22N2O2. The van der Waals surface area contributed by atoms with Crippen LogP contribution in [0.4, 0.5) is 5.69 Å². The van der Waals surface area contributed by atoms with Gasteiger partial charge in [0, 0.05) is 18.7 Å². The summed E-state index contributed by atoms with van der Waals surface area (Å²) in [5, 5.41) is 12.5. The van der Waals surface area contributed by atoms with Gasteiger partial charge in [0.2, 0.25) is 5.91 Å². The minimum Gasteiger partial charge on any atom is -0.387 e. The van der Waals surface area contributed by atoms with Gasteiger partial charge in [-0.05, 0) is 29.2 Å². The van der Waals surface area contributed by atoms with Crippen LogP contribution in [0.3, 0.4) is 0 Å². The van der Waals surface area contributed by atoms with Gasteiger partial charge >= 0.3 is 0 Å². The first kappa shape index (κ1) is 16.2. The first-order valence-electron chi connectivity index (χ1n) is 7.43. The highest BCUT2D eigenvalue weighted by molar-refractivity contribution is 5.91. The van der Waals surface area contributed by atoms with Crippen LogP contribution in [0.2, 0.25) is 0 Å². The minimum atomic E-state index is -0.664. The summed E-state index contributed by atoms with van der Waals surface area (Å²) in [7, 11) is 0.